The first-order valence-electron chi connectivity index (χ1n) is 7.77. The summed E-state index contributed by atoms with van der Waals surface area (Å²) in [6.45, 7) is 3.84. The van der Waals surface area contributed by atoms with Gasteiger partial charge in [0.2, 0.25) is 0 Å². The zero-order valence-electron chi connectivity index (χ0n) is 13.4. The molecule has 5 nitrogen and oxygen atoms in total. The van der Waals surface area contributed by atoms with Crippen LogP contribution < -0.4 is 0 Å². The summed E-state index contributed by atoms with van der Waals surface area (Å²) in [6.07, 6.45) is -0.667. The molecule has 24 heavy (non-hydrogen) atoms. The Kier molecular flexibility index (Phi) is 4.36. The Balaban J connectivity index is 1.92. The molecule has 0 aliphatic carbocycles. The lowest BCUT2D eigenvalue weighted by Gasteiger charge is -2.24. The Bertz CT molecular complexity index is 760. The van der Waals surface area contributed by atoms with Crippen molar-refractivity contribution in [1.29, 1.82) is 0 Å². The molecule has 1 aromatic carbocycles. The molecule has 1 fully saturated rings. The predicted molar refractivity (Wildman–Crippen MR) is 81.4 cm³/mol. The van der Waals surface area contributed by atoms with Crippen molar-refractivity contribution in [2.45, 2.75) is 38.3 Å². The van der Waals surface area contributed by atoms with Gasteiger partial charge in [-0.05, 0) is 24.6 Å². The lowest BCUT2D eigenvalue weighted by molar-refractivity contribution is 0.0703. The largest absolute Gasteiger partial charge is 0.391 e. The van der Waals surface area contributed by atoms with Crippen LogP contribution in [0.25, 0.3) is 0 Å². The quantitative estimate of drug-likeness (QED) is 0.936. The van der Waals surface area contributed by atoms with Gasteiger partial charge in [-0.2, -0.15) is 0 Å². The molecule has 3 rings (SSSR count). The maximum Gasteiger partial charge on any atom is 0.276 e. The predicted octanol–water partition coefficient (Wildman–Crippen LogP) is 3.02. The minimum atomic E-state index is -0.807. The van der Waals surface area contributed by atoms with Gasteiger partial charge in [-0.1, -0.05) is 19.0 Å². The van der Waals surface area contributed by atoms with Gasteiger partial charge in [-0.15, -0.1) is 0 Å². The zero-order chi connectivity index (χ0) is 17.4. The maximum atomic E-state index is 14.1. The molecule has 1 amide bonds. The van der Waals surface area contributed by atoms with Crippen LogP contribution in [0.4, 0.5) is 8.78 Å². The van der Waals surface area contributed by atoms with Crippen LogP contribution in [0, 0.1) is 11.6 Å². The maximum absolute atomic E-state index is 14.1. The van der Waals surface area contributed by atoms with Gasteiger partial charge in [0.15, 0.2) is 5.69 Å². The van der Waals surface area contributed by atoms with Gasteiger partial charge >= 0.3 is 0 Å². The van der Waals surface area contributed by atoms with Crippen molar-refractivity contribution in [3.63, 3.8) is 0 Å². The average Bonchev–Trinajstić information content (AvgIpc) is 3.16. The first-order chi connectivity index (χ1) is 11.4. The van der Waals surface area contributed by atoms with Gasteiger partial charge in [0.05, 0.1) is 12.1 Å². The molecule has 2 atom stereocenters. The number of rotatable bonds is 3. The molecule has 1 N–H and O–H groups in total. The number of likely N-dealkylation sites (tertiary alicyclic amines) is 1. The number of halogens is 2. The number of nitrogens with zero attached hydrogens (tertiary/aromatic N) is 2. The van der Waals surface area contributed by atoms with Crippen LogP contribution in [0.15, 0.2) is 28.8 Å². The molecule has 7 heteroatoms. The highest BCUT2D eigenvalue weighted by molar-refractivity contribution is 5.92. The third-order valence-corrected chi connectivity index (χ3v) is 4.17. The second-order valence-corrected chi connectivity index (χ2v) is 6.30. The summed E-state index contributed by atoms with van der Waals surface area (Å²) in [5, 5.41) is 13.7. The van der Waals surface area contributed by atoms with Gasteiger partial charge in [-0.3, -0.25) is 4.79 Å². The first-order valence-corrected chi connectivity index (χ1v) is 7.77. The van der Waals surface area contributed by atoms with Crippen molar-refractivity contribution in [1.82, 2.24) is 10.1 Å². The minimum Gasteiger partial charge on any atom is -0.391 e. The number of benzene rings is 1. The molecule has 1 aliphatic rings. The summed E-state index contributed by atoms with van der Waals surface area (Å²) in [6, 6.07) is 3.88. The van der Waals surface area contributed by atoms with E-state index in [0.717, 1.165) is 18.2 Å². The molecule has 1 saturated heterocycles. The van der Waals surface area contributed by atoms with Crippen molar-refractivity contribution >= 4 is 5.91 Å². The van der Waals surface area contributed by atoms with Crippen molar-refractivity contribution in [3.8, 4) is 0 Å². The van der Waals surface area contributed by atoms with E-state index in [0.29, 0.717) is 5.76 Å². The van der Waals surface area contributed by atoms with Crippen LogP contribution in [-0.4, -0.2) is 33.7 Å². The van der Waals surface area contributed by atoms with Crippen molar-refractivity contribution < 1.29 is 23.2 Å². The number of hydrogen-bond acceptors (Lipinski definition) is 4. The number of aromatic nitrogens is 1. The van der Waals surface area contributed by atoms with E-state index in [2.05, 4.69) is 5.16 Å². The fourth-order valence-electron chi connectivity index (χ4n) is 2.91. The second kappa shape index (κ2) is 6.32. The highest BCUT2D eigenvalue weighted by Gasteiger charge is 2.38. The molecule has 2 aromatic rings. The molecular weight excluding hydrogens is 318 g/mol. The third-order valence-electron chi connectivity index (χ3n) is 4.17. The van der Waals surface area contributed by atoms with Crippen molar-refractivity contribution in [3.05, 3.63) is 52.9 Å². The van der Waals surface area contributed by atoms with Crippen LogP contribution in [0.3, 0.4) is 0 Å². The molecule has 0 saturated carbocycles. The van der Waals surface area contributed by atoms with Gasteiger partial charge in [0.25, 0.3) is 5.91 Å². The highest BCUT2D eigenvalue weighted by atomic mass is 19.1. The monoisotopic (exact) mass is 336 g/mol. The van der Waals surface area contributed by atoms with E-state index >= 15 is 0 Å². The van der Waals surface area contributed by atoms with E-state index in [1.807, 2.05) is 13.8 Å². The number of carbonyl (C=O) groups is 1. The van der Waals surface area contributed by atoms with Crippen LogP contribution >= 0.6 is 0 Å². The van der Waals surface area contributed by atoms with E-state index in [4.69, 9.17) is 4.52 Å². The Morgan fingerprint density at radius 3 is 2.79 bits per heavy atom. The summed E-state index contributed by atoms with van der Waals surface area (Å²) < 4.78 is 32.7. The number of amides is 1. The fraction of sp³-hybridized carbons (Fsp3) is 0.412. The zero-order valence-corrected chi connectivity index (χ0v) is 13.4. The fourth-order valence-corrected chi connectivity index (χ4v) is 2.91. The van der Waals surface area contributed by atoms with Crippen molar-refractivity contribution in [2.24, 2.45) is 0 Å². The SMILES string of the molecule is CC(C)c1cc(C(=O)N2C[C@@H](O)C[C@H]2c2cc(F)ccc2F)no1. The van der Waals surface area contributed by atoms with Crippen LogP contribution in [-0.2, 0) is 0 Å². The van der Waals surface area contributed by atoms with Gasteiger partial charge in [-0.25, -0.2) is 8.78 Å². The van der Waals surface area contributed by atoms with E-state index in [9.17, 15) is 18.7 Å². The van der Waals surface area contributed by atoms with Gasteiger partial charge in [0.1, 0.15) is 17.4 Å². The molecule has 1 aromatic heterocycles. The van der Waals surface area contributed by atoms with Crippen molar-refractivity contribution in [2.75, 3.05) is 6.54 Å². The van der Waals surface area contributed by atoms with Crippen LogP contribution in [0.5, 0.6) is 0 Å². The Morgan fingerprint density at radius 1 is 1.38 bits per heavy atom. The molecule has 128 valence electrons. The topological polar surface area (TPSA) is 66.6 Å². The van der Waals surface area contributed by atoms with Crippen LogP contribution in [0.1, 0.15) is 54.0 Å². The average molecular weight is 336 g/mol. The Hall–Kier alpha value is -2.28. The first kappa shape index (κ1) is 16.6. The number of aliphatic hydroxyl groups excluding tert-OH is 1. The molecule has 0 bridgehead atoms. The number of carbonyl (C=O) groups excluding carboxylic acids is 1. The summed E-state index contributed by atoms with van der Waals surface area (Å²) in [4.78, 5) is 14.0. The Labute approximate surface area is 137 Å². The summed E-state index contributed by atoms with van der Waals surface area (Å²) in [5.41, 5.74) is 0.141. The third kappa shape index (κ3) is 3.03. The summed E-state index contributed by atoms with van der Waals surface area (Å²) in [5.74, 6) is -1.05. The van der Waals surface area contributed by atoms with E-state index < -0.39 is 29.7 Å². The summed E-state index contributed by atoms with van der Waals surface area (Å²) in [7, 11) is 0. The normalized spacial score (nSPS) is 20.8. The molecule has 0 unspecified atom stereocenters. The molecule has 2 heterocycles. The van der Waals surface area contributed by atoms with E-state index in [1.54, 1.807) is 0 Å². The standard InChI is InChI=1S/C17H18F2N2O3/c1-9(2)16-7-14(20-24-16)17(23)21-8-11(22)6-15(21)12-5-10(18)3-4-13(12)19/h3-5,7,9,11,15,22H,6,8H2,1-2H3/t11-,15-/m0/s1. The van der Waals surface area contributed by atoms with E-state index in [-0.39, 0.29) is 30.1 Å². The lowest BCUT2D eigenvalue weighted by atomic mass is 10.0. The summed E-state index contributed by atoms with van der Waals surface area (Å²) >= 11 is 0. The molecule has 0 radical (unpaired) electrons. The van der Waals surface area contributed by atoms with Crippen LogP contribution in [0.2, 0.25) is 0 Å². The smallest absolute Gasteiger partial charge is 0.276 e. The molecule has 1 aliphatic heterocycles. The van der Waals surface area contributed by atoms with Gasteiger partial charge < -0.3 is 14.5 Å². The highest BCUT2D eigenvalue weighted by Crippen LogP contribution is 2.35. The number of hydrogen-bond donors (Lipinski definition) is 1. The lowest BCUT2D eigenvalue weighted by Crippen LogP contribution is -2.32. The second-order valence-electron chi connectivity index (χ2n) is 6.30. The number of aliphatic hydroxyl groups is 1. The molecule has 0 spiro atoms. The number of β-amino-alcohol motifs (C(OH)–C–C–N with tert-alkyl or cyclic N) is 1. The Morgan fingerprint density at radius 2 is 2.12 bits per heavy atom. The van der Waals surface area contributed by atoms with E-state index in [1.165, 1.54) is 11.0 Å². The minimum absolute atomic E-state index is 0.0311. The van der Waals surface area contributed by atoms with Gasteiger partial charge in [0, 0.05) is 24.1 Å². The molecular formula is C17H18F2N2O3.